The third kappa shape index (κ3) is 4.42. The summed E-state index contributed by atoms with van der Waals surface area (Å²) in [4.78, 5) is 0. The lowest BCUT2D eigenvalue weighted by molar-refractivity contribution is 0.274. The quantitative estimate of drug-likeness (QED) is 0.682. The van der Waals surface area contributed by atoms with Crippen molar-refractivity contribution in [3.63, 3.8) is 0 Å². The van der Waals surface area contributed by atoms with Crippen LogP contribution in [-0.2, 0) is 14.3 Å². The Kier molecular flexibility index (Phi) is 3.58. The van der Waals surface area contributed by atoms with Crippen LogP contribution < -0.4 is 0 Å². The van der Waals surface area contributed by atoms with E-state index < -0.39 is 10.1 Å². The molecule has 1 aliphatic carbocycles. The molecule has 1 atom stereocenters. The Morgan fingerprint density at radius 3 is 2.50 bits per heavy atom. The number of hydrogen-bond acceptors (Lipinski definition) is 3. The fourth-order valence-corrected chi connectivity index (χ4v) is 2.59. The van der Waals surface area contributed by atoms with Gasteiger partial charge in [-0.2, -0.15) is 8.42 Å². The van der Waals surface area contributed by atoms with Crippen LogP contribution in [0, 0.1) is 11.3 Å². The van der Waals surface area contributed by atoms with Crippen molar-refractivity contribution in [2.24, 2.45) is 11.3 Å². The molecule has 1 rings (SSSR count). The van der Waals surface area contributed by atoms with Gasteiger partial charge in [-0.05, 0) is 37.0 Å². The van der Waals surface area contributed by atoms with Gasteiger partial charge in [0.15, 0.2) is 0 Å². The smallest absolute Gasteiger partial charge is 0.264 e. The maximum absolute atomic E-state index is 10.7. The van der Waals surface area contributed by atoms with Gasteiger partial charge in [0.05, 0.1) is 12.9 Å². The molecule has 1 aliphatic rings. The van der Waals surface area contributed by atoms with Crippen LogP contribution in [0.2, 0.25) is 0 Å². The third-order valence-corrected chi connectivity index (χ3v) is 3.49. The lowest BCUT2D eigenvalue weighted by Crippen LogP contribution is -2.09. The molecule has 0 bridgehead atoms. The summed E-state index contributed by atoms with van der Waals surface area (Å²) < 4.78 is 26.2. The van der Waals surface area contributed by atoms with Crippen molar-refractivity contribution in [1.82, 2.24) is 0 Å². The van der Waals surface area contributed by atoms with Crippen molar-refractivity contribution in [2.75, 3.05) is 12.9 Å². The minimum atomic E-state index is -3.24. The fraction of sp³-hybridized carbons (Fsp3) is 1.00. The van der Waals surface area contributed by atoms with Crippen molar-refractivity contribution >= 4 is 10.1 Å². The van der Waals surface area contributed by atoms with Crippen LogP contribution in [-0.4, -0.2) is 21.3 Å². The largest absolute Gasteiger partial charge is 0.270 e. The minimum Gasteiger partial charge on any atom is -0.270 e. The van der Waals surface area contributed by atoms with Gasteiger partial charge in [0, 0.05) is 0 Å². The maximum Gasteiger partial charge on any atom is 0.264 e. The first-order chi connectivity index (χ1) is 6.29. The zero-order valence-corrected chi connectivity index (χ0v) is 10.1. The second-order valence-corrected chi connectivity index (χ2v) is 6.73. The monoisotopic (exact) mass is 220 g/mol. The van der Waals surface area contributed by atoms with E-state index in [-0.39, 0.29) is 0 Å². The summed E-state index contributed by atoms with van der Waals surface area (Å²) in [6.45, 7) is 4.88. The first-order valence-corrected chi connectivity index (χ1v) is 6.95. The molecular weight excluding hydrogens is 200 g/mol. The fourth-order valence-electron chi connectivity index (χ4n) is 2.19. The van der Waals surface area contributed by atoms with Crippen LogP contribution in [0.5, 0.6) is 0 Å². The molecule has 0 N–H and O–H groups in total. The molecule has 4 heteroatoms. The SMILES string of the molecule is CC1(C)CCC(CCOS(C)(=O)=O)C1. The first kappa shape index (κ1) is 12.0. The Balaban J connectivity index is 2.22. The highest BCUT2D eigenvalue weighted by Gasteiger charge is 2.30. The molecule has 0 aromatic carbocycles. The van der Waals surface area contributed by atoms with E-state index in [4.69, 9.17) is 4.18 Å². The summed E-state index contributed by atoms with van der Waals surface area (Å²) in [6, 6.07) is 0. The summed E-state index contributed by atoms with van der Waals surface area (Å²) in [5, 5.41) is 0. The molecular formula is C10H20O3S. The van der Waals surface area contributed by atoms with Crippen molar-refractivity contribution in [3.8, 4) is 0 Å². The summed E-state index contributed by atoms with van der Waals surface area (Å²) in [5.41, 5.74) is 0.440. The standard InChI is InChI=1S/C10H20O3S/c1-10(2)6-4-9(8-10)5-7-13-14(3,11)12/h9H,4-8H2,1-3H3. The lowest BCUT2D eigenvalue weighted by atomic mass is 9.90. The van der Waals surface area contributed by atoms with Crippen molar-refractivity contribution in [3.05, 3.63) is 0 Å². The predicted molar refractivity (Wildman–Crippen MR) is 56.5 cm³/mol. The topological polar surface area (TPSA) is 43.4 Å². The normalized spacial score (nSPS) is 26.6. The molecule has 0 heterocycles. The van der Waals surface area contributed by atoms with E-state index in [1.165, 1.54) is 19.3 Å². The minimum absolute atomic E-state index is 0.347. The Morgan fingerprint density at radius 2 is 2.07 bits per heavy atom. The van der Waals surface area contributed by atoms with Crippen LogP contribution in [0.25, 0.3) is 0 Å². The van der Waals surface area contributed by atoms with E-state index in [1.54, 1.807) is 0 Å². The highest BCUT2D eigenvalue weighted by Crippen LogP contribution is 2.42. The lowest BCUT2D eigenvalue weighted by Gasteiger charge is -2.16. The Bertz CT molecular complexity index is 280. The molecule has 1 unspecified atom stereocenters. The highest BCUT2D eigenvalue weighted by molar-refractivity contribution is 7.85. The maximum atomic E-state index is 10.7. The molecule has 84 valence electrons. The second-order valence-electron chi connectivity index (χ2n) is 5.09. The van der Waals surface area contributed by atoms with Crippen LogP contribution in [0.4, 0.5) is 0 Å². The highest BCUT2D eigenvalue weighted by atomic mass is 32.2. The van der Waals surface area contributed by atoms with Gasteiger partial charge < -0.3 is 0 Å². The van der Waals surface area contributed by atoms with Crippen molar-refractivity contribution in [2.45, 2.75) is 39.5 Å². The van der Waals surface area contributed by atoms with Gasteiger partial charge in [-0.15, -0.1) is 0 Å². The zero-order chi connectivity index (χ0) is 10.8. The third-order valence-electron chi connectivity index (χ3n) is 2.89. The molecule has 0 radical (unpaired) electrons. The van der Waals surface area contributed by atoms with Crippen LogP contribution in [0.3, 0.4) is 0 Å². The average molecular weight is 220 g/mol. The van der Waals surface area contributed by atoms with Crippen LogP contribution in [0.15, 0.2) is 0 Å². The van der Waals surface area contributed by atoms with Crippen LogP contribution in [0.1, 0.15) is 39.5 Å². The molecule has 1 fully saturated rings. The van der Waals surface area contributed by atoms with E-state index in [0.717, 1.165) is 12.7 Å². The molecule has 0 aliphatic heterocycles. The summed E-state index contributed by atoms with van der Waals surface area (Å²) in [7, 11) is -3.24. The van der Waals surface area contributed by atoms with Gasteiger partial charge in [0.1, 0.15) is 0 Å². The van der Waals surface area contributed by atoms with Gasteiger partial charge in [0.2, 0.25) is 0 Å². The second kappa shape index (κ2) is 4.19. The molecule has 1 saturated carbocycles. The predicted octanol–water partition coefficient (Wildman–Crippen LogP) is 2.18. The molecule has 0 saturated heterocycles. The molecule has 0 aromatic rings. The summed E-state index contributed by atoms with van der Waals surface area (Å²) >= 11 is 0. The van der Waals surface area contributed by atoms with Gasteiger partial charge in [0.25, 0.3) is 10.1 Å². The molecule has 3 nitrogen and oxygen atoms in total. The number of hydrogen-bond donors (Lipinski definition) is 0. The number of rotatable bonds is 4. The van der Waals surface area contributed by atoms with E-state index in [1.807, 2.05) is 0 Å². The Hall–Kier alpha value is -0.0900. The van der Waals surface area contributed by atoms with E-state index in [2.05, 4.69) is 13.8 Å². The van der Waals surface area contributed by atoms with Gasteiger partial charge in [-0.25, -0.2) is 0 Å². The van der Waals surface area contributed by atoms with Crippen molar-refractivity contribution in [1.29, 1.82) is 0 Å². The average Bonchev–Trinajstić information content (AvgIpc) is 2.27. The molecule has 0 aromatic heterocycles. The Morgan fingerprint density at radius 1 is 1.43 bits per heavy atom. The molecule has 0 spiro atoms. The van der Waals surface area contributed by atoms with Gasteiger partial charge in [-0.3, -0.25) is 4.18 Å². The molecule has 0 amide bonds. The summed E-state index contributed by atoms with van der Waals surface area (Å²) in [6.07, 6.45) is 5.62. The Labute approximate surface area is 87.0 Å². The van der Waals surface area contributed by atoms with Crippen molar-refractivity contribution < 1.29 is 12.6 Å². The van der Waals surface area contributed by atoms with E-state index in [9.17, 15) is 8.42 Å². The van der Waals surface area contributed by atoms with E-state index in [0.29, 0.717) is 17.9 Å². The van der Waals surface area contributed by atoms with Gasteiger partial charge >= 0.3 is 0 Å². The van der Waals surface area contributed by atoms with Gasteiger partial charge in [-0.1, -0.05) is 13.8 Å². The summed E-state index contributed by atoms with van der Waals surface area (Å²) in [5.74, 6) is 0.645. The van der Waals surface area contributed by atoms with Crippen LogP contribution >= 0.6 is 0 Å². The molecule has 14 heavy (non-hydrogen) atoms. The first-order valence-electron chi connectivity index (χ1n) is 5.13. The van der Waals surface area contributed by atoms with E-state index >= 15 is 0 Å². The zero-order valence-electron chi connectivity index (χ0n) is 9.25.